The fourth-order valence-corrected chi connectivity index (χ4v) is 1.45. The maximum Gasteiger partial charge on any atom is 0.176 e. The molecule has 0 N–H and O–H groups in total. The summed E-state index contributed by atoms with van der Waals surface area (Å²) in [6.45, 7) is 3.81. The van der Waals surface area contributed by atoms with E-state index >= 15 is 0 Å². The molecular weight excluding hydrogens is 194 g/mol. The predicted molar refractivity (Wildman–Crippen MR) is 52.9 cm³/mol. The summed E-state index contributed by atoms with van der Waals surface area (Å²) in [6.07, 6.45) is 0.0670. The van der Waals surface area contributed by atoms with Crippen LogP contribution in [-0.2, 0) is 4.84 Å². The number of nitrogens with zero attached hydrogens (tertiary/aromatic N) is 1. The first-order chi connectivity index (χ1) is 5.70. The summed E-state index contributed by atoms with van der Waals surface area (Å²) < 4.78 is 0. The van der Waals surface area contributed by atoms with E-state index in [-0.39, 0.29) is 6.10 Å². The average molecular weight is 204 g/mol. The zero-order chi connectivity index (χ0) is 8.97. The van der Waals surface area contributed by atoms with E-state index in [1.165, 1.54) is 0 Å². The van der Waals surface area contributed by atoms with Crippen molar-refractivity contribution in [3.8, 4) is 0 Å². The number of halogens is 1. The van der Waals surface area contributed by atoms with Crippen molar-refractivity contribution >= 4 is 28.1 Å². The van der Waals surface area contributed by atoms with Gasteiger partial charge >= 0.3 is 0 Å². The summed E-state index contributed by atoms with van der Waals surface area (Å²) in [5.74, 6) is 0. The number of hydrogen-bond acceptors (Lipinski definition) is 3. The minimum Gasteiger partial charge on any atom is -0.392 e. The predicted octanol–water partition coefficient (Wildman–Crippen LogP) is 3.07. The molecule has 0 radical (unpaired) electrons. The van der Waals surface area contributed by atoms with Crippen LogP contribution in [-0.4, -0.2) is 11.3 Å². The summed E-state index contributed by atoms with van der Waals surface area (Å²) in [6, 6.07) is 1.90. The lowest BCUT2D eigenvalue weighted by atomic mass is 10.4. The van der Waals surface area contributed by atoms with E-state index in [1.54, 1.807) is 11.3 Å². The number of oxime groups is 1. The van der Waals surface area contributed by atoms with E-state index in [9.17, 15) is 0 Å². The Morgan fingerprint density at radius 2 is 2.42 bits per heavy atom. The first-order valence-corrected chi connectivity index (χ1v) is 4.94. The summed E-state index contributed by atoms with van der Waals surface area (Å²) in [5, 5.41) is 8.04. The van der Waals surface area contributed by atoms with E-state index in [2.05, 4.69) is 5.16 Å². The quantitative estimate of drug-likeness (QED) is 0.547. The number of hydrogen-bond donors (Lipinski definition) is 0. The molecule has 1 aromatic heterocycles. The Morgan fingerprint density at radius 3 is 2.92 bits per heavy atom. The topological polar surface area (TPSA) is 21.6 Å². The van der Waals surface area contributed by atoms with Crippen molar-refractivity contribution in [2.45, 2.75) is 20.0 Å². The molecule has 1 rings (SSSR count). The molecule has 1 aromatic rings. The summed E-state index contributed by atoms with van der Waals surface area (Å²) in [5.41, 5.74) is 0.905. The fourth-order valence-electron chi connectivity index (χ4n) is 0.586. The second kappa shape index (κ2) is 4.48. The third-order valence-corrected chi connectivity index (χ3v) is 2.07. The first-order valence-electron chi connectivity index (χ1n) is 3.62. The number of rotatable bonds is 3. The normalized spacial score (nSPS) is 12.2. The highest BCUT2D eigenvalue weighted by atomic mass is 35.5. The van der Waals surface area contributed by atoms with Crippen LogP contribution < -0.4 is 0 Å². The Bertz CT molecular complexity index is 256. The van der Waals surface area contributed by atoms with Crippen LogP contribution >= 0.6 is 22.9 Å². The molecule has 1 heterocycles. The minimum atomic E-state index is 0.0670. The van der Waals surface area contributed by atoms with Crippen LogP contribution in [0.3, 0.4) is 0 Å². The Kier molecular flexibility index (Phi) is 3.56. The van der Waals surface area contributed by atoms with Gasteiger partial charge in [0, 0.05) is 10.9 Å². The summed E-state index contributed by atoms with van der Waals surface area (Å²) in [4.78, 5) is 4.99. The van der Waals surface area contributed by atoms with Crippen molar-refractivity contribution < 1.29 is 4.84 Å². The van der Waals surface area contributed by atoms with Crippen molar-refractivity contribution in [3.05, 3.63) is 22.4 Å². The van der Waals surface area contributed by atoms with Crippen LogP contribution in [0.25, 0.3) is 0 Å². The fraction of sp³-hybridized carbons (Fsp3) is 0.375. The van der Waals surface area contributed by atoms with E-state index < -0.39 is 0 Å². The molecule has 66 valence electrons. The van der Waals surface area contributed by atoms with E-state index in [0.29, 0.717) is 5.17 Å². The van der Waals surface area contributed by atoms with Crippen LogP contribution in [0.1, 0.15) is 19.4 Å². The van der Waals surface area contributed by atoms with Gasteiger partial charge < -0.3 is 4.84 Å². The molecular formula is C8H10ClNOS. The molecule has 0 saturated heterocycles. The van der Waals surface area contributed by atoms with Crippen LogP contribution in [0, 0.1) is 0 Å². The van der Waals surface area contributed by atoms with Crippen molar-refractivity contribution in [2.75, 3.05) is 0 Å². The molecule has 0 aliphatic heterocycles. The van der Waals surface area contributed by atoms with Gasteiger partial charge in [-0.1, -0.05) is 16.8 Å². The number of thiophene rings is 1. The van der Waals surface area contributed by atoms with Crippen molar-refractivity contribution in [2.24, 2.45) is 5.16 Å². The Labute approximate surface area is 80.8 Å². The molecule has 4 heteroatoms. The first kappa shape index (κ1) is 9.55. The molecule has 0 bridgehead atoms. The van der Waals surface area contributed by atoms with E-state index in [0.717, 1.165) is 5.56 Å². The molecule has 0 spiro atoms. The SMILES string of the molecule is CC(C)ON=C(Cl)c1ccsc1. The smallest absolute Gasteiger partial charge is 0.176 e. The lowest BCUT2D eigenvalue weighted by Gasteiger charge is -2.01. The lowest BCUT2D eigenvalue weighted by Crippen LogP contribution is -1.98. The van der Waals surface area contributed by atoms with Gasteiger partial charge in [0.25, 0.3) is 0 Å². The molecule has 0 aromatic carbocycles. The Morgan fingerprint density at radius 1 is 1.67 bits per heavy atom. The lowest BCUT2D eigenvalue weighted by molar-refractivity contribution is 0.0868. The highest BCUT2D eigenvalue weighted by Crippen LogP contribution is 2.10. The second-order valence-electron chi connectivity index (χ2n) is 2.55. The van der Waals surface area contributed by atoms with E-state index in [1.807, 2.05) is 30.7 Å². The van der Waals surface area contributed by atoms with Gasteiger partial charge in [0.05, 0.1) is 0 Å². The molecule has 0 amide bonds. The molecule has 0 fully saturated rings. The standard InChI is InChI=1S/C8H10ClNOS/c1-6(2)11-10-8(9)7-3-4-12-5-7/h3-6H,1-2H3. The van der Waals surface area contributed by atoms with E-state index in [4.69, 9.17) is 16.4 Å². The Balaban J connectivity index is 2.59. The van der Waals surface area contributed by atoms with Crippen LogP contribution in [0.15, 0.2) is 22.0 Å². The van der Waals surface area contributed by atoms with Crippen LogP contribution in [0.2, 0.25) is 0 Å². The summed E-state index contributed by atoms with van der Waals surface area (Å²) in [7, 11) is 0. The second-order valence-corrected chi connectivity index (χ2v) is 3.69. The monoisotopic (exact) mass is 203 g/mol. The van der Waals surface area contributed by atoms with Gasteiger partial charge in [-0.15, -0.1) is 0 Å². The van der Waals surface area contributed by atoms with Gasteiger partial charge in [-0.05, 0) is 25.3 Å². The zero-order valence-corrected chi connectivity index (χ0v) is 8.52. The zero-order valence-electron chi connectivity index (χ0n) is 6.95. The Hall–Kier alpha value is -0.540. The maximum absolute atomic E-state index is 5.82. The largest absolute Gasteiger partial charge is 0.392 e. The molecule has 2 nitrogen and oxygen atoms in total. The molecule has 0 unspecified atom stereocenters. The highest BCUT2D eigenvalue weighted by Gasteiger charge is 2.00. The van der Waals surface area contributed by atoms with Gasteiger partial charge in [0.1, 0.15) is 6.10 Å². The average Bonchev–Trinajstić information content (AvgIpc) is 2.51. The van der Waals surface area contributed by atoms with Gasteiger partial charge in [-0.3, -0.25) is 0 Å². The van der Waals surface area contributed by atoms with Crippen molar-refractivity contribution in [1.29, 1.82) is 0 Å². The summed E-state index contributed by atoms with van der Waals surface area (Å²) >= 11 is 7.40. The van der Waals surface area contributed by atoms with Gasteiger partial charge in [0.2, 0.25) is 0 Å². The minimum absolute atomic E-state index is 0.0670. The van der Waals surface area contributed by atoms with Crippen molar-refractivity contribution in [3.63, 3.8) is 0 Å². The third kappa shape index (κ3) is 2.83. The van der Waals surface area contributed by atoms with Gasteiger partial charge in [-0.2, -0.15) is 11.3 Å². The van der Waals surface area contributed by atoms with Gasteiger partial charge in [-0.25, -0.2) is 0 Å². The molecule has 0 aliphatic carbocycles. The molecule has 0 aliphatic rings. The molecule has 0 atom stereocenters. The van der Waals surface area contributed by atoms with Gasteiger partial charge in [0.15, 0.2) is 5.17 Å². The third-order valence-electron chi connectivity index (χ3n) is 1.10. The molecule has 12 heavy (non-hydrogen) atoms. The van der Waals surface area contributed by atoms with Crippen LogP contribution in [0.4, 0.5) is 0 Å². The van der Waals surface area contributed by atoms with Crippen LogP contribution in [0.5, 0.6) is 0 Å². The van der Waals surface area contributed by atoms with Crippen molar-refractivity contribution in [1.82, 2.24) is 0 Å². The molecule has 0 saturated carbocycles. The maximum atomic E-state index is 5.82. The highest BCUT2D eigenvalue weighted by molar-refractivity contribution is 7.08.